The van der Waals surface area contributed by atoms with Gasteiger partial charge in [0.05, 0.1) is 13.3 Å². The largest absolute Gasteiger partial charge is 0.493 e. The van der Waals surface area contributed by atoms with Crippen molar-refractivity contribution in [3.8, 4) is 11.5 Å². The number of rotatable bonds is 7. The number of anilines is 2. The Bertz CT molecular complexity index is 914. The van der Waals surface area contributed by atoms with Crippen molar-refractivity contribution in [2.24, 2.45) is 5.10 Å². The molecule has 0 spiro atoms. The summed E-state index contributed by atoms with van der Waals surface area (Å²) in [6, 6.07) is 13.5. The van der Waals surface area contributed by atoms with Gasteiger partial charge in [-0.1, -0.05) is 40.2 Å². The molecular weight excluding hydrogens is 416 g/mol. The third-order valence-corrected chi connectivity index (χ3v) is 4.98. The highest BCUT2D eigenvalue weighted by Crippen LogP contribution is 2.31. The van der Waals surface area contributed by atoms with Crippen LogP contribution in [0.3, 0.4) is 0 Å². The predicted molar refractivity (Wildman–Crippen MR) is 109 cm³/mol. The maximum absolute atomic E-state index is 6.03. The highest BCUT2D eigenvalue weighted by Gasteiger charge is 2.10. The standard InChI is InChI=1S/C18H17BrN4O2S/c1-24-15-8-4-6-12(9-21-23-18-22-16(20)11-26-18)17(15)25-10-13-5-2-3-7-14(13)19/h2-9,11H,10,20H2,1H3,(H,22,23). The van der Waals surface area contributed by atoms with Gasteiger partial charge in [0, 0.05) is 21.0 Å². The average Bonchev–Trinajstić information content (AvgIpc) is 3.06. The lowest BCUT2D eigenvalue weighted by Crippen LogP contribution is -2.02. The summed E-state index contributed by atoms with van der Waals surface area (Å²) >= 11 is 4.91. The molecule has 8 heteroatoms. The summed E-state index contributed by atoms with van der Waals surface area (Å²) in [5.74, 6) is 1.72. The fraction of sp³-hybridized carbons (Fsp3) is 0.111. The van der Waals surface area contributed by atoms with Gasteiger partial charge in [-0.3, -0.25) is 5.43 Å². The Kier molecular flexibility index (Phi) is 6.08. The van der Waals surface area contributed by atoms with Gasteiger partial charge in [-0.05, 0) is 18.2 Å². The van der Waals surface area contributed by atoms with Crippen molar-refractivity contribution in [2.75, 3.05) is 18.3 Å². The molecule has 0 fully saturated rings. The van der Waals surface area contributed by atoms with E-state index in [2.05, 4.69) is 31.4 Å². The molecule has 0 saturated carbocycles. The van der Waals surface area contributed by atoms with E-state index < -0.39 is 0 Å². The summed E-state index contributed by atoms with van der Waals surface area (Å²) in [4.78, 5) is 4.09. The molecule has 1 heterocycles. The minimum atomic E-state index is 0.402. The minimum Gasteiger partial charge on any atom is -0.493 e. The number of benzene rings is 2. The summed E-state index contributed by atoms with van der Waals surface area (Å²) in [5, 5.41) is 6.57. The number of nitrogens with two attached hydrogens (primary N) is 1. The van der Waals surface area contributed by atoms with Gasteiger partial charge in [0.15, 0.2) is 11.5 Å². The molecule has 0 amide bonds. The van der Waals surface area contributed by atoms with Gasteiger partial charge in [0.1, 0.15) is 12.4 Å². The highest BCUT2D eigenvalue weighted by atomic mass is 79.9. The van der Waals surface area contributed by atoms with E-state index in [0.717, 1.165) is 15.6 Å². The topological polar surface area (TPSA) is 81.8 Å². The Labute approximate surface area is 163 Å². The number of thiazole rings is 1. The van der Waals surface area contributed by atoms with Crippen LogP contribution in [-0.4, -0.2) is 18.3 Å². The predicted octanol–water partition coefficient (Wildman–Crippen LogP) is 4.52. The summed E-state index contributed by atoms with van der Waals surface area (Å²) in [5.41, 5.74) is 10.3. The van der Waals surface area contributed by atoms with E-state index in [1.165, 1.54) is 11.3 Å². The molecular formula is C18H17BrN4O2S. The van der Waals surface area contributed by atoms with E-state index in [1.807, 2.05) is 42.5 Å². The van der Waals surface area contributed by atoms with Crippen molar-refractivity contribution < 1.29 is 9.47 Å². The molecule has 6 nitrogen and oxygen atoms in total. The Morgan fingerprint density at radius 1 is 1.27 bits per heavy atom. The molecule has 0 aliphatic carbocycles. The Morgan fingerprint density at radius 3 is 2.85 bits per heavy atom. The number of hydrazone groups is 1. The monoisotopic (exact) mass is 432 g/mol. The van der Waals surface area contributed by atoms with E-state index in [4.69, 9.17) is 15.2 Å². The number of nitrogens with zero attached hydrogens (tertiary/aromatic N) is 2. The van der Waals surface area contributed by atoms with Crippen LogP contribution in [0.25, 0.3) is 0 Å². The molecule has 1 aromatic heterocycles. The summed E-state index contributed by atoms with van der Waals surface area (Å²) in [6.45, 7) is 0.402. The van der Waals surface area contributed by atoms with Crippen molar-refractivity contribution >= 4 is 44.4 Å². The fourth-order valence-corrected chi connectivity index (χ4v) is 3.16. The first-order valence-corrected chi connectivity index (χ1v) is 9.38. The van der Waals surface area contributed by atoms with Gasteiger partial charge in [-0.15, -0.1) is 11.3 Å². The summed E-state index contributed by atoms with van der Waals surface area (Å²) in [6.07, 6.45) is 1.66. The molecule has 0 radical (unpaired) electrons. The van der Waals surface area contributed by atoms with E-state index in [9.17, 15) is 0 Å². The van der Waals surface area contributed by atoms with Crippen LogP contribution in [0.2, 0.25) is 0 Å². The molecule has 3 rings (SSSR count). The minimum absolute atomic E-state index is 0.402. The van der Waals surface area contributed by atoms with Crippen LogP contribution in [0.5, 0.6) is 11.5 Å². The van der Waals surface area contributed by atoms with Gasteiger partial charge >= 0.3 is 0 Å². The molecule has 134 valence electrons. The summed E-state index contributed by atoms with van der Waals surface area (Å²) < 4.78 is 12.4. The first-order chi connectivity index (χ1) is 12.7. The Morgan fingerprint density at radius 2 is 2.12 bits per heavy atom. The highest BCUT2D eigenvalue weighted by molar-refractivity contribution is 9.10. The van der Waals surface area contributed by atoms with Crippen LogP contribution in [0, 0.1) is 0 Å². The zero-order valence-electron chi connectivity index (χ0n) is 14.0. The van der Waals surface area contributed by atoms with Crippen molar-refractivity contribution in [1.29, 1.82) is 0 Å². The molecule has 0 unspecified atom stereocenters. The third kappa shape index (κ3) is 4.53. The van der Waals surface area contributed by atoms with Crippen molar-refractivity contribution in [3.05, 3.63) is 63.4 Å². The lowest BCUT2D eigenvalue weighted by molar-refractivity contribution is 0.283. The second kappa shape index (κ2) is 8.68. The number of para-hydroxylation sites is 1. The number of aromatic nitrogens is 1. The van der Waals surface area contributed by atoms with Gasteiger partial charge in [0.25, 0.3) is 0 Å². The fourth-order valence-electron chi connectivity index (χ4n) is 2.21. The van der Waals surface area contributed by atoms with Gasteiger partial charge in [-0.2, -0.15) is 5.10 Å². The van der Waals surface area contributed by atoms with Crippen LogP contribution in [0.15, 0.2) is 57.4 Å². The molecule has 3 N–H and O–H groups in total. The van der Waals surface area contributed by atoms with Crippen molar-refractivity contribution in [2.45, 2.75) is 6.61 Å². The van der Waals surface area contributed by atoms with Gasteiger partial charge in [0.2, 0.25) is 5.13 Å². The molecule has 0 saturated heterocycles. The lowest BCUT2D eigenvalue weighted by Gasteiger charge is -2.13. The quantitative estimate of drug-likeness (QED) is 0.423. The Balaban J connectivity index is 1.78. The number of nitrogen functional groups attached to an aromatic ring is 1. The second-order valence-corrected chi connectivity index (χ2v) is 6.92. The smallest absolute Gasteiger partial charge is 0.205 e. The molecule has 2 aromatic carbocycles. The van der Waals surface area contributed by atoms with Gasteiger partial charge < -0.3 is 15.2 Å². The average molecular weight is 433 g/mol. The number of nitrogens with one attached hydrogen (secondary N) is 1. The molecule has 0 bridgehead atoms. The second-order valence-electron chi connectivity index (χ2n) is 5.21. The van der Waals surface area contributed by atoms with Crippen LogP contribution >= 0.6 is 27.3 Å². The van der Waals surface area contributed by atoms with E-state index in [0.29, 0.717) is 29.1 Å². The number of hydrogen-bond acceptors (Lipinski definition) is 7. The van der Waals surface area contributed by atoms with E-state index in [1.54, 1.807) is 18.7 Å². The van der Waals surface area contributed by atoms with Crippen LogP contribution in [-0.2, 0) is 6.61 Å². The molecule has 0 aliphatic heterocycles. The number of halogens is 1. The van der Waals surface area contributed by atoms with Gasteiger partial charge in [-0.25, -0.2) is 4.98 Å². The first-order valence-electron chi connectivity index (χ1n) is 7.70. The molecule has 0 aliphatic rings. The maximum Gasteiger partial charge on any atom is 0.205 e. The number of methoxy groups -OCH3 is 1. The normalized spacial score (nSPS) is 10.8. The number of ether oxygens (including phenoxy) is 2. The van der Waals surface area contributed by atoms with E-state index >= 15 is 0 Å². The Hall–Kier alpha value is -2.58. The number of hydrogen-bond donors (Lipinski definition) is 2. The molecule has 3 aromatic rings. The first kappa shape index (κ1) is 18.2. The van der Waals surface area contributed by atoms with E-state index in [-0.39, 0.29) is 0 Å². The van der Waals surface area contributed by atoms with Crippen molar-refractivity contribution in [3.63, 3.8) is 0 Å². The van der Waals surface area contributed by atoms with Crippen LogP contribution < -0.4 is 20.6 Å². The zero-order valence-corrected chi connectivity index (χ0v) is 16.4. The van der Waals surface area contributed by atoms with Crippen LogP contribution in [0.1, 0.15) is 11.1 Å². The van der Waals surface area contributed by atoms with Crippen LogP contribution in [0.4, 0.5) is 10.9 Å². The van der Waals surface area contributed by atoms with Crippen molar-refractivity contribution in [1.82, 2.24) is 4.98 Å². The maximum atomic E-state index is 6.03. The SMILES string of the molecule is COc1cccc(C=NNc2nc(N)cs2)c1OCc1ccccc1Br. The molecule has 26 heavy (non-hydrogen) atoms. The lowest BCUT2D eigenvalue weighted by atomic mass is 10.2. The third-order valence-electron chi connectivity index (χ3n) is 3.44. The zero-order chi connectivity index (χ0) is 18.4. The summed E-state index contributed by atoms with van der Waals surface area (Å²) in [7, 11) is 1.61. The molecule has 0 atom stereocenters.